The quantitative estimate of drug-likeness (QED) is 0.606. The first-order valence-corrected chi connectivity index (χ1v) is 7.81. The minimum atomic E-state index is 0.355. The summed E-state index contributed by atoms with van der Waals surface area (Å²) in [6, 6.07) is 0.355. The zero-order chi connectivity index (χ0) is 13.8. The first-order valence-electron chi connectivity index (χ1n) is 7.81. The molecule has 3 nitrogen and oxygen atoms in total. The lowest BCUT2D eigenvalue weighted by Crippen LogP contribution is -2.17. The van der Waals surface area contributed by atoms with E-state index in [1.165, 1.54) is 51.4 Å². The van der Waals surface area contributed by atoms with Gasteiger partial charge in [-0.05, 0) is 13.5 Å². The van der Waals surface area contributed by atoms with Crippen LogP contribution in [0.4, 0.5) is 0 Å². The van der Waals surface area contributed by atoms with Crippen molar-refractivity contribution < 1.29 is 0 Å². The van der Waals surface area contributed by atoms with E-state index in [0.717, 1.165) is 12.1 Å². The van der Waals surface area contributed by atoms with Gasteiger partial charge in [-0.1, -0.05) is 58.3 Å². The maximum atomic E-state index is 4.37. The van der Waals surface area contributed by atoms with Gasteiger partial charge in [0.2, 0.25) is 0 Å². The molecule has 0 aliphatic carbocycles. The Balaban J connectivity index is 2.07. The van der Waals surface area contributed by atoms with E-state index in [-0.39, 0.29) is 0 Å². The van der Waals surface area contributed by atoms with Gasteiger partial charge in [0.05, 0.1) is 11.7 Å². The van der Waals surface area contributed by atoms with Gasteiger partial charge in [0.15, 0.2) is 0 Å². The first-order chi connectivity index (χ1) is 9.38. The van der Waals surface area contributed by atoms with E-state index in [2.05, 4.69) is 22.2 Å². The molecule has 1 unspecified atom stereocenters. The summed E-state index contributed by atoms with van der Waals surface area (Å²) in [5.41, 5.74) is 1.06. The zero-order valence-corrected chi connectivity index (χ0v) is 12.6. The highest BCUT2D eigenvalue weighted by molar-refractivity contribution is 5.01. The van der Waals surface area contributed by atoms with Gasteiger partial charge in [-0.25, -0.2) is 0 Å². The second-order valence-corrected chi connectivity index (χ2v) is 5.24. The van der Waals surface area contributed by atoms with Crippen molar-refractivity contribution in [1.82, 2.24) is 15.3 Å². The molecule has 0 bridgehead atoms. The molecule has 0 radical (unpaired) electrons. The molecule has 0 aliphatic rings. The van der Waals surface area contributed by atoms with Crippen LogP contribution in [0.15, 0.2) is 18.6 Å². The van der Waals surface area contributed by atoms with Crippen molar-refractivity contribution in [3.05, 3.63) is 24.3 Å². The third-order valence-corrected chi connectivity index (χ3v) is 3.63. The van der Waals surface area contributed by atoms with E-state index in [1.54, 1.807) is 12.4 Å². The molecule has 0 aliphatic heterocycles. The molecule has 0 aromatic carbocycles. The van der Waals surface area contributed by atoms with Gasteiger partial charge in [0.1, 0.15) is 0 Å². The average molecular weight is 263 g/mol. The highest BCUT2D eigenvalue weighted by Gasteiger charge is 2.09. The van der Waals surface area contributed by atoms with E-state index >= 15 is 0 Å². The van der Waals surface area contributed by atoms with Crippen molar-refractivity contribution in [2.75, 3.05) is 7.05 Å². The average Bonchev–Trinajstić information content (AvgIpc) is 2.47. The zero-order valence-electron chi connectivity index (χ0n) is 12.6. The number of hydrogen-bond acceptors (Lipinski definition) is 3. The predicted octanol–water partition coefficient (Wildman–Crippen LogP) is 4.27. The molecule has 0 fully saturated rings. The summed E-state index contributed by atoms with van der Waals surface area (Å²) in [6.07, 6.45) is 17.5. The van der Waals surface area contributed by atoms with Crippen LogP contribution in [0.25, 0.3) is 0 Å². The lowest BCUT2D eigenvalue weighted by atomic mass is 10.0. The van der Waals surface area contributed by atoms with Crippen LogP contribution in [0.3, 0.4) is 0 Å². The molecule has 1 N–H and O–H groups in total. The second-order valence-electron chi connectivity index (χ2n) is 5.24. The summed E-state index contributed by atoms with van der Waals surface area (Å²) in [5.74, 6) is 0. The maximum absolute atomic E-state index is 4.37. The van der Waals surface area contributed by atoms with Gasteiger partial charge < -0.3 is 5.32 Å². The Labute approximate surface area is 118 Å². The molecule has 1 aromatic rings. The topological polar surface area (TPSA) is 37.8 Å². The predicted molar refractivity (Wildman–Crippen MR) is 81.1 cm³/mol. The third-order valence-electron chi connectivity index (χ3n) is 3.63. The largest absolute Gasteiger partial charge is 0.312 e. The summed E-state index contributed by atoms with van der Waals surface area (Å²) < 4.78 is 0. The number of nitrogens with zero attached hydrogens (tertiary/aromatic N) is 2. The molecule has 1 rings (SSSR count). The Morgan fingerprint density at radius 1 is 1.00 bits per heavy atom. The molecular weight excluding hydrogens is 234 g/mol. The van der Waals surface area contributed by atoms with E-state index in [9.17, 15) is 0 Å². The van der Waals surface area contributed by atoms with Crippen molar-refractivity contribution in [2.24, 2.45) is 0 Å². The van der Waals surface area contributed by atoms with Gasteiger partial charge in [-0.15, -0.1) is 0 Å². The highest BCUT2D eigenvalue weighted by atomic mass is 14.9. The van der Waals surface area contributed by atoms with Crippen molar-refractivity contribution in [1.29, 1.82) is 0 Å². The van der Waals surface area contributed by atoms with Gasteiger partial charge >= 0.3 is 0 Å². The van der Waals surface area contributed by atoms with E-state index in [0.29, 0.717) is 6.04 Å². The molecule has 3 heteroatoms. The first kappa shape index (κ1) is 16.1. The summed E-state index contributed by atoms with van der Waals surface area (Å²) >= 11 is 0. The van der Waals surface area contributed by atoms with Gasteiger partial charge in [0, 0.05) is 18.6 Å². The van der Waals surface area contributed by atoms with Crippen LogP contribution >= 0.6 is 0 Å². The lowest BCUT2D eigenvalue weighted by Gasteiger charge is -2.14. The monoisotopic (exact) mass is 263 g/mol. The number of nitrogens with one attached hydrogen (secondary N) is 1. The molecule has 19 heavy (non-hydrogen) atoms. The molecule has 1 heterocycles. The lowest BCUT2D eigenvalue weighted by molar-refractivity contribution is 0.485. The van der Waals surface area contributed by atoms with Crippen LogP contribution in [-0.2, 0) is 0 Å². The molecular formula is C16H29N3. The summed E-state index contributed by atoms with van der Waals surface area (Å²) in [6.45, 7) is 2.27. The molecule has 0 spiro atoms. The minimum Gasteiger partial charge on any atom is -0.312 e. The Morgan fingerprint density at radius 2 is 1.68 bits per heavy atom. The number of hydrogen-bond donors (Lipinski definition) is 1. The fourth-order valence-electron chi connectivity index (χ4n) is 2.41. The summed E-state index contributed by atoms with van der Waals surface area (Å²) in [5, 5.41) is 3.33. The highest BCUT2D eigenvalue weighted by Crippen LogP contribution is 2.17. The SMILES string of the molecule is CCCCCCCCCCC(NC)c1cnccn1. The van der Waals surface area contributed by atoms with Gasteiger partial charge in [-0.3, -0.25) is 9.97 Å². The maximum Gasteiger partial charge on any atom is 0.0755 e. The Kier molecular flexibility index (Phi) is 9.25. The molecule has 0 saturated heterocycles. The van der Waals surface area contributed by atoms with Crippen LogP contribution in [0.1, 0.15) is 76.4 Å². The van der Waals surface area contributed by atoms with Crippen molar-refractivity contribution in [2.45, 2.75) is 70.8 Å². The normalized spacial score (nSPS) is 12.5. The van der Waals surface area contributed by atoms with E-state index in [1.807, 2.05) is 13.2 Å². The van der Waals surface area contributed by atoms with E-state index < -0.39 is 0 Å². The smallest absolute Gasteiger partial charge is 0.0755 e. The molecule has 0 amide bonds. The fourth-order valence-corrected chi connectivity index (χ4v) is 2.41. The second kappa shape index (κ2) is 10.9. The van der Waals surface area contributed by atoms with Crippen LogP contribution in [-0.4, -0.2) is 17.0 Å². The molecule has 1 atom stereocenters. The van der Waals surface area contributed by atoms with E-state index in [4.69, 9.17) is 0 Å². The van der Waals surface area contributed by atoms with Crippen LogP contribution in [0, 0.1) is 0 Å². The Morgan fingerprint density at radius 3 is 2.26 bits per heavy atom. The Bertz CT molecular complexity index is 300. The molecule has 1 aromatic heterocycles. The molecule has 0 saturated carbocycles. The van der Waals surface area contributed by atoms with Crippen molar-refractivity contribution in [3.8, 4) is 0 Å². The van der Waals surface area contributed by atoms with Crippen molar-refractivity contribution >= 4 is 0 Å². The summed E-state index contributed by atoms with van der Waals surface area (Å²) in [4.78, 5) is 8.51. The standard InChI is InChI=1S/C16H29N3/c1-3-4-5-6-7-8-9-10-11-15(17-2)16-14-18-12-13-19-16/h12-15,17H,3-11H2,1-2H3. The van der Waals surface area contributed by atoms with Crippen LogP contribution in [0.2, 0.25) is 0 Å². The third kappa shape index (κ3) is 7.26. The van der Waals surface area contributed by atoms with Gasteiger partial charge in [-0.2, -0.15) is 0 Å². The molecule has 108 valence electrons. The van der Waals surface area contributed by atoms with Crippen molar-refractivity contribution in [3.63, 3.8) is 0 Å². The number of rotatable bonds is 11. The number of unbranched alkanes of at least 4 members (excludes halogenated alkanes) is 7. The van der Waals surface area contributed by atoms with Crippen LogP contribution in [0.5, 0.6) is 0 Å². The minimum absolute atomic E-state index is 0.355. The van der Waals surface area contributed by atoms with Gasteiger partial charge in [0.25, 0.3) is 0 Å². The number of aromatic nitrogens is 2. The Hall–Kier alpha value is -0.960. The fraction of sp³-hybridized carbons (Fsp3) is 0.750. The van der Waals surface area contributed by atoms with Crippen LogP contribution < -0.4 is 5.32 Å². The summed E-state index contributed by atoms with van der Waals surface area (Å²) in [7, 11) is 2.00.